The van der Waals surface area contributed by atoms with Gasteiger partial charge in [-0.3, -0.25) is 4.79 Å². The Bertz CT molecular complexity index is 593. The van der Waals surface area contributed by atoms with Crippen molar-refractivity contribution < 1.29 is 9.21 Å². The van der Waals surface area contributed by atoms with Gasteiger partial charge in [0.25, 0.3) is 0 Å². The highest BCUT2D eigenvalue weighted by Gasteiger charge is 2.04. The van der Waals surface area contributed by atoms with E-state index in [0.717, 1.165) is 22.7 Å². The summed E-state index contributed by atoms with van der Waals surface area (Å²) in [5, 5.41) is 6.06. The number of rotatable bonds is 4. The Morgan fingerprint density at radius 3 is 2.74 bits per heavy atom. The van der Waals surface area contributed by atoms with Gasteiger partial charge in [-0.1, -0.05) is 6.07 Å². The first-order valence-corrected chi connectivity index (χ1v) is 6.70. The van der Waals surface area contributed by atoms with Gasteiger partial charge in [0.05, 0.1) is 6.54 Å². The third kappa shape index (κ3) is 3.86. The van der Waals surface area contributed by atoms with Crippen LogP contribution in [-0.2, 0) is 11.3 Å². The summed E-state index contributed by atoms with van der Waals surface area (Å²) in [5.41, 5.74) is 2.86. The Labute approximate surface area is 120 Å². The maximum atomic E-state index is 11.0. The second kappa shape index (κ2) is 5.93. The fourth-order valence-corrected chi connectivity index (χ4v) is 2.06. The third-order valence-corrected chi connectivity index (χ3v) is 3.07. The van der Waals surface area contributed by atoms with Crippen molar-refractivity contribution in [2.45, 2.75) is 20.4 Å². The Morgan fingerprint density at radius 2 is 2.11 bits per heavy atom. The molecule has 0 fully saturated rings. The summed E-state index contributed by atoms with van der Waals surface area (Å²) in [5.74, 6) is 0.765. The van der Waals surface area contributed by atoms with Gasteiger partial charge in [0.15, 0.2) is 4.67 Å². The Balaban J connectivity index is 2.08. The minimum Gasteiger partial charge on any atom is -0.452 e. The summed E-state index contributed by atoms with van der Waals surface area (Å²) in [6, 6.07) is 9.52. The standard InChI is InChI=1S/C14H15BrN2O2/c1-9-3-4-11(17-10(2)18)7-13(9)16-8-12-5-6-14(15)19-12/h3-7,16H,8H2,1-2H3,(H,17,18). The lowest BCUT2D eigenvalue weighted by atomic mass is 10.1. The summed E-state index contributed by atoms with van der Waals surface area (Å²) in [4.78, 5) is 11.0. The normalized spacial score (nSPS) is 10.3. The molecule has 0 aliphatic heterocycles. The smallest absolute Gasteiger partial charge is 0.221 e. The molecule has 0 radical (unpaired) electrons. The van der Waals surface area contributed by atoms with E-state index in [1.54, 1.807) is 0 Å². The van der Waals surface area contributed by atoms with Crippen LogP contribution in [-0.4, -0.2) is 5.91 Å². The number of aryl methyl sites for hydroxylation is 1. The van der Waals surface area contributed by atoms with Gasteiger partial charge in [0.2, 0.25) is 5.91 Å². The Hall–Kier alpha value is -1.75. The minimum absolute atomic E-state index is 0.0789. The number of hydrogen-bond acceptors (Lipinski definition) is 3. The molecule has 0 saturated carbocycles. The van der Waals surface area contributed by atoms with Crippen LogP contribution in [0.15, 0.2) is 39.4 Å². The van der Waals surface area contributed by atoms with Crippen LogP contribution >= 0.6 is 15.9 Å². The molecule has 1 amide bonds. The molecular formula is C14H15BrN2O2. The van der Waals surface area contributed by atoms with Crippen molar-refractivity contribution in [3.05, 3.63) is 46.3 Å². The zero-order valence-corrected chi connectivity index (χ0v) is 12.4. The maximum Gasteiger partial charge on any atom is 0.221 e. The molecule has 1 aromatic carbocycles. The van der Waals surface area contributed by atoms with Crippen molar-refractivity contribution in [2.75, 3.05) is 10.6 Å². The van der Waals surface area contributed by atoms with E-state index < -0.39 is 0 Å². The van der Waals surface area contributed by atoms with Gasteiger partial charge in [-0.2, -0.15) is 0 Å². The minimum atomic E-state index is -0.0789. The van der Waals surface area contributed by atoms with Gasteiger partial charge in [-0.25, -0.2) is 0 Å². The molecule has 19 heavy (non-hydrogen) atoms. The monoisotopic (exact) mass is 322 g/mol. The molecule has 100 valence electrons. The average molecular weight is 323 g/mol. The Morgan fingerprint density at radius 1 is 1.32 bits per heavy atom. The van der Waals surface area contributed by atoms with E-state index in [0.29, 0.717) is 11.2 Å². The van der Waals surface area contributed by atoms with Crippen LogP contribution in [0.2, 0.25) is 0 Å². The van der Waals surface area contributed by atoms with Crippen molar-refractivity contribution in [3.63, 3.8) is 0 Å². The van der Waals surface area contributed by atoms with Crippen molar-refractivity contribution in [1.29, 1.82) is 0 Å². The van der Waals surface area contributed by atoms with E-state index in [4.69, 9.17) is 4.42 Å². The number of halogens is 1. The second-order valence-corrected chi connectivity index (χ2v) is 5.05. The van der Waals surface area contributed by atoms with Crippen LogP contribution in [0.3, 0.4) is 0 Å². The lowest BCUT2D eigenvalue weighted by molar-refractivity contribution is -0.114. The van der Waals surface area contributed by atoms with Crippen LogP contribution in [0, 0.1) is 6.92 Å². The molecule has 2 rings (SSSR count). The topological polar surface area (TPSA) is 54.3 Å². The maximum absolute atomic E-state index is 11.0. The largest absolute Gasteiger partial charge is 0.452 e. The number of carbonyl (C=O) groups excluding carboxylic acids is 1. The summed E-state index contributed by atoms with van der Waals surface area (Å²) in [7, 11) is 0. The summed E-state index contributed by atoms with van der Waals surface area (Å²) in [6.07, 6.45) is 0. The van der Waals surface area contributed by atoms with Crippen LogP contribution in [0.1, 0.15) is 18.2 Å². The fourth-order valence-electron chi connectivity index (χ4n) is 1.72. The summed E-state index contributed by atoms with van der Waals surface area (Å²) in [6.45, 7) is 4.10. The molecule has 0 aliphatic rings. The lowest BCUT2D eigenvalue weighted by Gasteiger charge is -2.11. The van der Waals surface area contributed by atoms with E-state index in [1.165, 1.54) is 6.92 Å². The van der Waals surface area contributed by atoms with Crippen LogP contribution in [0.4, 0.5) is 11.4 Å². The molecular weight excluding hydrogens is 308 g/mol. The molecule has 0 unspecified atom stereocenters. The molecule has 2 N–H and O–H groups in total. The van der Waals surface area contributed by atoms with E-state index >= 15 is 0 Å². The quantitative estimate of drug-likeness (QED) is 0.897. The van der Waals surface area contributed by atoms with Gasteiger partial charge in [0.1, 0.15) is 5.76 Å². The molecule has 5 heteroatoms. The van der Waals surface area contributed by atoms with Crippen molar-refractivity contribution in [2.24, 2.45) is 0 Å². The fraction of sp³-hybridized carbons (Fsp3) is 0.214. The first-order valence-electron chi connectivity index (χ1n) is 5.91. The number of furan rings is 1. The molecule has 1 aromatic heterocycles. The van der Waals surface area contributed by atoms with Gasteiger partial charge in [0, 0.05) is 18.3 Å². The average Bonchev–Trinajstić information content (AvgIpc) is 2.75. The van der Waals surface area contributed by atoms with Crippen LogP contribution in [0.25, 0.3) is 0 Å². The molecule has 0 spiro atoms. The first-order chi connectivity index (χ1) is 9.04. The Kier molecular flexibility index (Phi) is 4.27. The molecule has 4 nitrogen and oxygen atoms in total. The highest BCUT2D eigenvalue weighted by molar-refractivity contribution is 9.10. The number of carbonyl (C=O) groups is 1. The number of anilines is 2. The second-order valence-electron chi connectivity index (χ2n) is 4.27. The number of amides is 1. The zero-order valence-electron chi connectivity index (χ0n) is 10.8. The number of hydrogen-bond donors (Lipinski definition) is 2. The van der Waals surface area contributed by atoms with Crippen LogP contribution < -0.4 is 10.6 Å². The van der Waals surface area contributed by atoms with Gasteiger partial charge in [-0.15, -0.1) is 0 Å². The molecule has 0 saturated heterocycles. The van der Waals surface area contributed by atoms with E-state index in [1.807, 2.05) is 37.3 Å². The predicted molar refractivity (Wildman–Crippen MR) is 79.2 cm³/mol. The molecule has 0 aliphatic carbocycles. The number of benzene rings is 1. The predicted octanol–water partition coefficient (Wildman–Crippen LogP) is 3.92. The first kappa shape index (κ1) is 13.7. The van der Waals surface area contributed by atoms with Crippen molar-refractivity contribution in [1.82, 2.24) is 0 Å². The van der Waals surface area contributed by atoms with E-state index in [2.05, 4.69) is 26.6 Å². The lowest BCUT2D eigenvalue weighted by Crippen LogP contribution is -2.07. The zero-order chi connectivity index (χ0) is 13.8. The van der Waals surface area contributed by atoms with Crippen LogP contribution in [0.5, 0.6) is 0 Å². The van der Waals surface area contributed by atoms with Gasteiger partial charge < -0.3 is 15.1 Å². The van der Waals surface area contributed by atoms with E-state index in [9.17, 15) is 4.79 Å². The highest BCUT2D eigenvalue weighted by Crippen LogP contribution is 2.22. The van der Waals surface area contributed by atoms with Crippen molar-refractivity contribution in [3.8, 4) is 0 Å². The van der Waals surface area contributed by atoms with Gasteiger partial charge in [-0.05, 0) is 52.7 Å². The van der Waals surface area contributed by atoms with Crippen molar-refractivity contribution >= 4 is 33.2 Å². The molecule has 1 heterocycles. The van der Waals surface area contributed by atoms with Gasteiger partial charge >= 0.3 is 0 Å². The molecule has 2 aromatic rings. The molecule has 0 bridgehead atoms. The third-order valence-electron chi connectivity index (χ3n) is 2.64. The number of nitrogens with one attached hydrogen (secondary N) is 2. The SMILES string of the molecule is CC(=O)Nc1ccc(C)c(NCc2ccc(Br)o2)c1. The summed E-state index contributed by atoms with van der Waals surface area (Å²) >= 11 is 3.27. The highest BCUT2D eigenvalue weighted by atomic mass is 79.9. The van der Waals surface area contributed by atoms with E-state index in [-0.39, 0.29) is 5.91 Å². The summed E-state index contributed by atoms with van der Waals surface area (Å²) < 4.78 is 6.14. The molecule has 0 atom stereocenters.